The molecule has 0 amide bonds. The lowest BCUT2D eigenvalue weighted by molar-refractivity contribution is 0.101. The molecule has 1 fully saturated rings. The number of rotatable bonds is 2. The van der Waals surface area contributed by atoms with Crippen LogP contribution in [-0.2, 0) is 0 Å². The van der Waals surface area contributed by atoms with E-state index in [1.807, 2.05) is 30.3 Å². The molecule has 1 aliphatic heterocycles. The van der Waals surface area contributed by atoms with Gasteiger partial charge in [0.05, 0.1) is 4.90 Å². The standard InChI is InChI=1S/C11H13NO2S2.C8H8O/c13-8-3-4-9(14)10(7-8)16-11(15)12-5-1-2-6-12;1-7(9)8-5-3-2-4-6-8/h3-4,7,13-14H,1-2,5-6H2;2-6H,1H3. The number of thioether (sulfide) groups is 1. The number of nitrogens with zero attached hydrogens (tertiary/aromatic N) is 1. The van der Waals surface area contributed by atoms with Gasteiger partial charge in [-0.05, 0) is 38.0 Å². The van der Waals surface area contributed by atoms with E-state index in [0.29, 0.717) is 4.90 Å². The van der Waals surface area contributed by atoms with Crippen LogP contribution in [0.15, 0.2) is 53.4 Å². The maximum absolute atomic E-state index is 10.6. The first kappa shape index (κ1) is 19.3. The van der Waals surface area contributed by atoms with Gasteiger partial charge in [0.1, 0.15) is 15.8 Å². The predicted molar refractivity (Wildman–Crippen MR) is 105 cm³/mol. The van der Waals surface area contributed by atoms with E-state index in [9.17, 15) is 15.0 Å². The number of hydrogen-bond donors (Lipinski definition) is 2. The Morgan fingerprint density at radius 3 is 2.28 bits per heavy atom. The Kier molecular flexibility index (Phi) is 7.28. The molecule has 1 saturated heterocycles. The molecule has 4 nitrogen and oxygen atoms in total. The van der Waals surface area contributed by atoms with Crippen LogP contribution in [0.2, 0.25) is 0 Å². The number of phenolic OH excluding ortho intramolecular Hbond substituents is 2. The van der Waals surface area contributed by atoms with Crippen LogP contribution in [-0.4, -0.2) is 38.3 Å². The second-order valence-corrected chi connectivity index (χ2v) is 7.31. The normalized spacial score (nSPS) is 13.1. The van der Waals surface area contributed by atoms with Crippen molar-refractivity contribution in [2.75, 3.05) is 13.1 Å². The van der Waals surface area contributed by atoms with E-state index in [1.54, 1.807) is 6.92 Å². The third-order valence-corrected chi connectivity index (χ3v) is 5.17. The number of thiocarbonyl (C=S) groups is 1. The topological polar surface area (TPSA) is 60.8 Å². The smallest absolute Gasteiger partial charge is 0.159 e. The molecule has 25 heavy (non-hydrogen) atoms. The average Bonchev–Trinajstić information content (AvgIpc) is 3.14. The van der Waals surface area contributed by atoms with Crippen LogP contribution >= 0.6 is 24.0 Å². The second-order valence-electron chi connectivity index (χ2n) is 5.64. The van der Waals surface area contributed by atoms with Gasteiger partial charge in [-0.15, -0.1) is 0 Å². The van der Waals surface area contributed by atoms with Crippen molar-refractivity contribution in [3.05, 3.63) is 54.1 Å². The van der Waals surface area contributed by atoms with E-state index in [1.165, 1.54) is 42.8 Å². The number of Topliss-reactive ketones (excluding diaryl/α,β-unsaturated/α-hetero) is 1. The Morgan fingerprint density at radius 1 is 1.08 bits per heavy atom. The van der Waals surface area contributed by atoms with Crippen molar-refractivity contribution >= 4 is 34.1 Å². The van der Waals surface area contributed by atoms with Crippen LogP contribution in [0.4, 0.5) is 0 Å². The highest BCUT2D eigenvalue weighted by atomic mass is 32.2. The zero-order valence-electron chi connectivity index (χ0n) is 14.0. The predicted octanol–water partition coefficient (Wildman–Crippen LogP) is 4.46. The van der Waals surface area contributed by atoms with Gasteiger partial charge >= 0.3 is 0 Å². The third-order valence-electron chi connectivity index (χ3n) is 3.69. The fraction of sp³-hybridized carbons (Fsp3) is 0.263. The fourth-order valence-corrected chi connectivity index (χ4v) is 3.62. The molecule has 132 valence electrons. The molecule has 0 atom stereocenters. The molecule has 2 aromatic rings. The molecule has 3 rings (SSSR count). The van der Waals surface area contributed by atoms with Crippen molar-refractivity contribution in [3.8, 4) is 11.5 Å². The zero-order chi connectivity index (χ0) is 18.2. The summed E-state index contributed by atoms with van der Waals surface area (Å²) in [6.07, 6.45) is 2.35. The lowest BCUT2D eigenvalue weighted by Gasteiger charge is -2.17. The van der Waals surface area contributed by atoms with Gasteiger partial charge in [0, 0.05) is 18.7 Å². The van der Waals surface area contributed by atoms with Gasteiger partial charge in [-0.25, -0.2) is 0 Å². The van der Waals surface area contributed by atoms with Gasteiger partial charge in [-0.2, -0.15) is 0 Å². The molecule has 0 spiro atoms. The number of benzene rings is 2. The Labute approximate surface area is 157 Å². The molecule has 0 bridgehead atoms. The quantitative estimate of drug-likeness (QED) is 0.350. The summed E-state index contributed by atoms with van der Waals surface area (Å²) in [7, 11) is 0. The summed E-state index contributed by atoms with van der Waals surface area (Å²) in [4.78, 5) is 13.4. The molecule has 1 heterocycles. The number of aromatic hydroxyl groups is 2. The monoisotopic (exact) mass is 375 g/mol. The highest BCUT2D eigenvalue weighted by molar-refractivity contribution is 8.23. The van der Waals surface area contributed by atoms with Crippen LogP contribution in [0.1, 0.15) is 30.1 Å². The van der Waals surface area contributed by atoms with Gasteiger partial charge in [0.15, 0.2) is 5.78 Å². The van der Waals surface area contributed by atoms with Gasteiger partial charge in [-0.3, -0.25) is 4.79 Å². The Bertz CT molecular complexity index is 729. The maximum Gasteiger partial charge on any atom is 0.159 e. The molecule has 2 N–H and O–H groups in total. The molecule has 0 unspecified atom stereocenters. The summed E-state index contributed by atoms with van der Waals surface area (Å²) in [5.41, 5.74) is 0.775. The average molecular weight is 376 g/mol. The highest BCUT2D eigenvalue weighted by Gasteiger charge is 2.17. The molecule has 2 aromatic carbocycles. The van der Waals surface area contributed by atoms with E-state index in [0.717, 1.165) is 23.0 Å². The Balaban J connectivity index is 0.000000212. The summed E-state index contributed by atoms with van der Waals surface area (Å²) in [6, 6.07) is 13.7. The lowest BCUT2D eigenvalue weighted by Crippen LogP contribution is -2.22. The zero-order valence-corrected chi connectivity index (χ0v) is 15.6. The molecular formula is C19H21NO3S2. The summed E-state index contributed by atoms with van der Waals surface area (Å²) < 4.78 is 0.762. The van der Waals surface area contributed by atoms with Crippen LogP contribution < -0.4 is 0 Å². The molecular weight excluding hydrogens is 354 g/mol. The first-order valence-electron chi connectivity index (χ1n) is 8.02. The van der Waals surface area contributed by atoms with Crippen LogP contribution in [0, 0.1) is 0 Å². The van der Waals surface area contributed by atoms with Crippen molar-refractivity contribution in [1.29, 1.82) is 0 Å². The summed E-state index contributed by atoms with van der Waals surface area (Å²) in [5.74, 6) is 0.421. The number of carbonyl (C=O) groups excluding carboxylic acids is 1. The largest absolute Gasteiger partial charge is 0.508 e. The highest BCUT2D eigenvalue weighted by Crippen LogP contribution is 2.33. The summed E-state index contributed by atoms with van der Waals surface area (Å²) in [5, 5.41) is 19.0. The summed E-state index contributed by atoms with van der Waals surface area (Å²) >= 11 is 6.62. The lowest BCUT2D eigenvalue weighted by atomic mass is 10.2. The molecule has 1 aliphatic rings. The van der Waals surface area contributed by atoms with Crippen molar-refractivity contribution in [3.63, 3.8) is 0 Å². The van der Waals surface area contributed by atoms with E-state index < -0.39 is 0 Å². The number of carbonyl (C=O) groups is 1. The fourth-order valence-electron chi connectivity index (χ4n) is 2.32. The van der Waals surface area contributed by atoms with E-state index in [4.69, 9.17) is 12.2 Å². The first-order chi connectivity index (χ1) is 12.0. The van der Waals surface area contributed by atoms with Gasteiger partial charge in [-0.1, -0.05) is 54.3 Å². The number of ketones is 1. The van der Waals surface area contributed by atoms with Crippen molar-refractivity contribution in [2.24, 2.45) is 0 Å². The van der Waals surface area contributed by atoms with Gasteiger partial charge < -0.3 is 15.1 Å². The first-order valence-corrected chi connectivity index (χ1v) is 9.24. The minimum absolute atomic E-state index is 0.121. The number of phenols is 2. The SMILES string of the molecule is CC(=O)c1ccccc1.Oc1ccc(O)c(SC(=S)N2CCCC2)c1. The van der Waals surface area contributed by atoms with Crippen molar-refractivity contribution < 1.29 is 15.0 Å². The number of likely N-dealkylation sites (tertiary alicyclic amines) is 1. The second kappa shape index (κ2) is 9.44. The van der Waals surface area contributed by atoms with E-state index >= 15 is 0 Å². The minimum Gasteiger partial charge on any atom is -0.508 e. The molecule has 6 heteroatoms. The third kappa shape index (κ3) is 6.07. The Hall–Kier alpha value is -2.05. The molecule has 0 aliphatic carbocycles. The van der Waals surface area contributed by atoms with Gasteiger partial charge in [0.25, 0.3) is 0 Å². The molecule has 0 radical (unpaired) electrons. The van der Waals surface area contributed by atoms with E-state index in [2.05, 4.69) is 4.90 Å². The number of hydrogen-bond acceptors (Lipinski definition) is 5. The Morgan fingerprint density at radius 2 is 1.72 bits per heavy atom. The van der Waals surface area contributed by atoms with Gasteiger partial charge in [0.2, 0.25) is 0 Å². The molecule has 0 aromatic heterocycles. The van der Waals surface area contributed by atoms with Crippen molar-refractivity contribution in [2.45, 2.75) is 24.7 Å². The minimum atomic E-state index is 0.121. The summed E-state index contributed by atoms with van der Waals surface area (Å²) in [6.45, 7) is 3.55. The van der Waals surface area contributed by atoms with E-state index in [-0.39, 0.29) is 17.3 Å². The maximum atomic E-state index is 10.6. The van der Waals surface area contributed by atoms with Crippen molar-refractivity contribution in [1.82, 2.24) is 4.90 Å². The van der Waals surface area contributed by atoms with Crippen LogP contribution in [0.25, 0.3) is 0 Å². The molecule has 0 saturated carbocycles. The van der Waals surface area contributed by atoms with Crippen LogP contribution in [0.3, 0.4) is 0 Å². The van der Waals surface area contributed by atoms with Crippen LogP contribution in [0.5, 0.6) is 11.5 Å².